The van der Waals surface area contributed by atoms with Gasteiger partial charge in [-0.1, -0.05) is 6.92 Å². The quantitative estimate of drug-likeness (QED) is 0.683. The molecule has 1 amide bonds. The maximum atomic E-state index is 11.7. The van der Waals surface area contributed by atoms with Gasteiger partial charge in [0.15, 0.2) is 0 Å². The molecule has 0 spiro atoms. The minimum Gasteiger partial charge on any atom is -0.369 e. The van der Waals surface area contributed by atoms with Crippen LogP contribution in [0.15, 0.2) is 30.9 Å². The van der Waals surface area contributed by atoms with Crippen molar-refractivity contribution in [1.29, 1.82) is 0 Å². The molecule has 0 radical (unpaired) electrons. The summed E-state index contributed by atoms with van der Waals surface area (Å²) < 4.78 is 2.11. The number of pyridine rings is 1. The molecule has 152 valence electrons. The molecule has 0 saturated carbocycles. The predicted octanol–water partition coefficient (Wildman–Crippen LogP) is 2.64. The van der Waals surface area contributed by atoms with Crippen molar-refractivity contribution in [2.24, 2.45) is 11.1 Å². The molecule has 3 aromatic heterocycles. The molecule has 0 atom stereocenters. The highest BCUT2D eigenvalue weighted by atomic mass is 16.1. The topological polar surface area (TPSA) is 115 Å². The van der Waals surface area contributed by atoms with Gasteiger partial charge in [-0.3, -0.25) is 4.79 Å². The number of aromatic nitrogens is 5. The summed E-state index contributed by atoms with van der Waals surface area (Å²) in [5, 5.41) is 3.26. The molecule has 1 aliphatic heterocycles. The zero-order valence-corrected chi connectivity index (χ0v) is 17.0. The Morgan fingerprint density at radius 2 is 1.97 bits per heavy atom. The normalized spacial score (nSPS) is 16.3. The Hall–Kier alpha value is -3.23. The van der Waals surface area contributed by atoms with Crippen molar-refractivity contribution in [2.75, 3.05) is 23.3 Å². The van der Waals surface area contributed by atoms with Gasteiger partial charge in [0, 0.05) is 36.8 Å². The molecule has 29 heavy (non-hydrogen) atoms. The van der Waals surface area contributed by atoms with E-state index in [4.69, 9.17) is 5.73 Å². The van der Waals surface area contributed by atoms with Gasteiger partial charge < -0.3 is 20.5 Å². The number of nitrogens with one attached hydrogen (secondary N) is 1. The summed E-state index contributed by atoms with van der Waals surface area (Å²) in [5.41, 5.74) is 6.97. The van der Waals surface area contributed by atoms with Gasteiger partial charge in [-0.25, -0.2) is 15.0 Å². The van der Waals surface area contributed by atoms with E-state index >= 15 is 0 Å². The molecule has 4 rings (SSSR count). The number of hydrogen-bond acceptors (Lipinski definition) is 7. The van der Waals surface area contributed by atoms with Crippen molar-refractivity contribution in [2.45, 2.75) is 39.7 Å². The Morgan fingerprint density at radius 1 is 1.21 bits per heavy atom. The summed E-state index contributed by atoms with van der Waals surface area (Å²) in [5.74, 6) is 1.76. The van der Waals surface area contributed by atoms with E-state index in [9.17, 15) is 4.79 Å². The molecule has 1 aliphatic rings. The standard InChI is InChI=1S/C20H26N8O/c1-13(2)28-12-24-14-11-23-17(10-15(14)28)25-16-4-7-22-19(26-16)27-8-5-20(3,6-9-27)18(21)29/h4,7,10-13H,5-6,8-9H2,1-3H3,(H2,21,29)(H,22,23,25,26). The fourth-order valence-electron chi connectivity index (χ4n) is 3.56. The Bertz CT molecular complexity index is 1040. The molecular weight excluding hydrogens is 368 g/mol. The number of carbonyl (C=O) groups excluding carboxylic acids is 1. The molecule has 1 fully saturated rings. The third-order valence-corrected chi connectivity index (χ3v) is 5.66. The van der Waals surface area contributed by atoms with E-state index < -0.39 is 5.41 Å². The van der Waals surface area contributed by atoms with Gasteiger partial charge in [0.1, 0.15) is 17.2 Å². The van der Waals surface area contributed by atoms with Crippen LogP contribution >= 0.6 is 0 Å². The second kappa shape index (κ2) is 7.31. The van der Waals surface area contributed by atoms with Crippen molar-refractivity contribution in [3.63, 3.8) is 0 Å². The van der Waals surface area contributed by atoms with Crippen LogP contribution in [0.2, 0.25) is 0 Å². The van der Waals surface area contributed by atoms with Crippen molar-refractivity contribution >= 4 is 34.5 Å². The highest BCUT2D eigenvalue weighted by Crippen LogP contribution is 2.32. The number of nitrogens with two attached hydrogens (primary N) is 1. The summed E-state index contributed by atoms with van der Waals surface area (Å²) in [6.45, 7) is 7.55. The van der Waals surface area contributed by atoms with E-state index in [0.29, 0.717) is 49.6 Å². The van der Waals surface area contributed by atoms with Gasteiger partial charge in [0.05, 0.1) is 18.0 Å². The van der Waals surface area contributed by atoms with Crippen LogP contribution in [0.4, 0.5) is 17.6 Å². The molecule has 0 aromatic carbocycles. The number of rotatable bonds is 5. The first-order valence-electron chi connectivity index (χ1n) is 9.83. The highest BCUT2D eigenvalue weighted by Gasteiger charge is 2.35. The lowest BCUT2D eigenvalue weighted by atomic mass is 9.80. The fraction of sp³-hybridized carbons (Fsp3) is 0.450. The van der Waals surface area contributed by atoms with Crippen LogP contribution in [-0.4, -0.2) is 43.5 Å². The molecule has 0 aliphatic carbocycles. The van der Waals surface area contributed by atoms with Gasteiger partial charge >= 0.3 is 0 Å². The second-order valence-electron chi connectivity index (χ2n) is 8.08. The molecule has 9 nitrogen and oxygen atoms in total. The minimum atomic E-state index is -0.453. The van der Waals surface area contributed by atoms with Gasteiger partial charge in [-0.05, 0) is 32.8 Å². The third-order valence-electron chi connectivity index (χ3n) is 5.66. The molecule has 3 aromatic rings. The summed E-state index contributed by atoms with van der Waals surface area (Å²) >= 11 is 0. The SMILES string of the molecule is CC(C)n1cnc2cnc(Nc3ccnc(N4CCC(C)(C(N)=O)CC4)n3)cc21. The zero-order chi connectivity index (χ0) is 20.6. The molecule has 9 heteroatoms. The van der Waals surface area contributed by atoms with Crippen LogP contribution < -0.4 is 16.0 Å². The molecule has 0 bridgehead atoms. The minimum absolute atomic E-state index is 0.240. The third kappa shape index (κ3) is 3.72. The lowest BCUT2D eigenvalue weighted by molar-refractivity contribution is -0.127. The number of amides is 1. The smallest absolute Gasteiger partial charge is 0.227 e. The maximum absolute atomic E-state index is 11.7. The second-order valence-corrected chi connectivity index (χ2v) is 8.08. The Kier molecular flexibility index (Phi) is 4.81. The molecule has 0 unspecified atom stereocenters. The number of carbonyl (C=O) groups is 1. The first kappa shape index (κ1) is 19.1. The lowest BCUT2D eigenvalue weighted by Gasteiger charge is -2.37. The van der Waals surface area contributed by atoms with E-state index in [1.165, 1.54) is 0 Å². The number of anilines is 3. The van der Waals surface area contributed by atoms with Crippen molar-refractivity contribution in [1.82, 2.24) is 24.5 Å². The summed E-state index contributed by atoms with van der Waals surface area (Å²) in [4.78, 5) is 31.6. The average molecular weight is 394 g/mol. The summed E-state index contributed by atoms with van der Waals surface area (Å²) in [6, 6.07) is 4.10. The van der Waals surface area contributed by atoms with Crippen molar-refractivity contribution in [3.05, 3.63) is 30.9 Å². The van der Waals surface area contributed by atoms with Crippen LogP contribution in [0.3, 0.4) is 0 Å². The number of hydrogen-bond donors (Lipinski definition) is 2. The molecular formula is C20H26N8O. The van der Waals surface area contributed by atoms with Crippen LogP contribution in [0.5, 0.6) is 0 Å². The number of piperidine rings is 1. The predicted molar refractivity (Wildman–Crippen MR) is 112 cm³/mol. The monoisotopic (exact) mass is 394 g/mol. The fourth-order valence-corrected chi connectivity index (χ4v) is 3.56. The van der Waals surface area contributed by atoms with E-state index in [1.54, 1.807) is 12.4 Å². The molecule has 4 heterocycles. The Balaban J connectivity index is 1.52. The van der Waals surface area contributed by atoms with Crippen LogP contribution in [0.25, 0.3) is 11.0 Å². The van der Waals surface area contributed by atoms with Crippen molar-refractivity contribution in [3.8, 4) is 0 Å². The van der Waals surface area contributed by atoms with E-state index in [2.05, 4.69) is 48.6 Å². The first-order chi connectivity index (χ1) is 13.9. The summed E-state index contributed by atoms with van der Waals surface area (Å²) in [7, 11) is 0. The molecule has 1 saturated heterocycles. The van der Waals surface area contributed by atoms with Gasteiger partial charge in [0.25, 0.3) is 0 Å². The van der Waals surface area contributed by atoms with Crippen LogP contribution in [0.1, 0.15) is 39.7 Å². The largest absolute Gasteiger partial charge is 0.369 e. The lowest BCUT2D eigenvalue weighted by Crippen LogP contribution is -2.45. The number of imidazole rings is 1. The summed E-state index contributed by atoms with van der Waals surface area (Å²) in [6.07, 6.45) is 6.71. The zero-order valence-electron chi connectivity index (χ0n) is 17.0. The first-order valence-corrected chi connectivity index (χ1v) is 9.83. The van der Waals surface area contributed by atoms with Crippen molar-refractivity contribution < 1.29 is 4.79 Å². The number of fused-ring (bicyclic) bond motifs is 1. The maximum Gasteiger partial charge on any atom is 0.227 e. The number of primary amides is 1. The highest BCUT2D eigenvalue weighted by molar-refractivity contribution is 5.80. The van der Waals surface area contributed by atoms with E-state index in [1.807, 2.05) is 25.4 Å². The average Bonchev–Trinajstić information content (AvgIpc) is 3.12. The van der Waals surface area contributed by atoms with Gasteiger partial charge in [-0.2, -0.15) is 4.98 Å². The number of nitrogens with zero attached hydrogens (tertiary/aromatic N) is 6. The molecule has 3 N–H and O–H groups in total. The van der Waals surface area contributed by atoms with Crippen LogP contribution in [-0.2, 0) is 4.79 Å². The van der Waals surface area contributed by atoms with Gasteiger partial charge in [-0.15, -0.1) is 0 Å². The van der Waals surface area contributed by atoms with Crippen LogP contribution in [0, 0.1) is 5.41 Å². The Morgan fingerprint density at radius 3 is 2.66 bits per heavy atom. The van der Waals surface area contributed by atoms with E-state index in [-0.39, 0.29) is 5.91 Å². The van der Waals surface area contributed by atoms with E-state index in [0.717, 1.165) is 11.0 Å². The Labute approximate surface area is 169 Å². The van der Waals surface area contributed by atoms with Gasteiger partial charge in [0.2, 0.25) is 11.9 Å².